The van der Waals surface area contributed by atoms with Gasteiger partial charge in [-0.1, -0.05) is 23.3 Å². The van der Waals surface area contributed by atoms with E-state index in [0.29, 0.717) is 11.4 Å². The van der Waals surface area contributed by atoms with E-state index in [1.807, 2.05) is 18.2 Å². The molecule has 2 heterocycles. The first-order valence-electron chi connectivity index (χ1n) is 6.98. The van der Waals surface area contributed by atoms with Crippen molar-refractivity contribution in [3.63, 3.8) is 0 Å². The average Bonchev–Trinajstić information content (AvgIpc) is 3.17. The molecular formula is C15H15N5O3. The number of hydrogen-bond donors (Lipinski definition) is 1. The lowest BCUT2D eigenvalue weighted by Gasteiger charge is -2.12. The van der Waals surface area contributed by atoms with Crippen LogP contribution in [0, 0.1) is 0 Å². The highest BCUT2D eigenvalue weighted by Crippen LogP contribution is 2.18. The summed E-state index contributed by atoms with van der Waals surface area (Å²) in [4.78, 5) is 12.1. The van der Waals surface area contributed by atoms with E-state index in [9.17, 15) is 4.79 Å². The summed E-state index contributed by atoms with van der Waals surface area (Å²) < 4.78 is 12.5. The van der Waals surface area contributed by atoms with Gasteiger partial charge >= 0.3 is 6.01 Å². The van der Waals surface area contributed by atoms with Crippen molar-refractivity contribution < 1.29 is 13.9 Å². The van der Waals surface area contributed by atoms with Crippen LogP contribution in [0.2, 0.25) is 0 Å². The molecule has 118 valence electrons. The molecule has 0 fully saturated rings. The minimum atomic E-state index is -0.706. The lowest BCUT2D eigenvalue weighted by molar-refractivity contribution is -0.122. The van der Waals surface area contributed by atoms with Gasteiger partial charge in [0.05, 0.1) is 0 Å². The molecule has 3 rings (SSSR count). The normalized spacial score (nSPS) is 11.9. The van der Waals surface area contributed by atoms with E-state index in [-0.39, 0.29) is 17.8 Å². The van der Waals surface area contributed by atoms with Crippen LogP contribution in [-0.4, -0.2) is 32.0 Å². The van der Waals surface area contributed by atoms with E-state index in [2.05, 4.69) is 20.6 Å². The van der Waals surface area contributed by atoms with Crippen LogP contribution in [0.5, 0.6) is 5.75 Å². The van der Waals surface area contributed by atoms with Crippen LogP contribution in [0.1, 0.15) is 6.92 Å². The molecule has 3 aromatic rings. The molecule has 0 saturated heterocycles. The van der Waals surface area contributed by atoms with Crippen molar-refractivity contribution >= 4 is 11.9 Å². The van der Waals surface area contributed by atoms with Crippen molar-refractivity contribution in [2.75, 3.05) is 5.32 Å². The number of hydrogen-bond acceptors (Lipinski definition) is 6. The molecule has 0 radical (unpaired) electrons. The lowest BCUT2D eigenvalue weighted by Crippen LogP contribution is -2.30. The van der Waals surface area contributed by atoms with E-state index in [4.69, 9.17) is 9.15 Å². The Morgan fingerprint density at radius 1 is 1.26 bits per heavy atom. The molecule has 1 atom stereocenters. The Hall–Kier alpha value is -3.16. The maximum atomic E-state index is 12.1. The zero-order chi connectivity index (χ0) is 16.2. The number of rotatable bonds is 5. The number of anilines is 1. The van der Waals surface area contributed by atoms with Crippen molar-refractivity contribution in [2.24, 2.45) is 7.05 Å². The van der Waals surface area contributed by atoms with Gasteiger partial charge in [0.1, 0.15) is 11.4 Å². The van der Waals surface area contributed by atoms with Gasteiger partial charge in [0.25, 0.3) is 11.8 Å². The summed E-state index contributed by atoms with van der Waals surface area (Å²) in [5, 5.41) is 14.3. The number of benzene rings is 1. The molecule has 1 N–H and O–H groups in total. The summed E-state index contributed by atoms with van der Waals surface area (Å²) >= 11 is 0. The van der Waals surface area contributed by atoms with Crippen LogP contribution < -0.4 is 10.1 Å². The molecule has 1 aromatic carbocycles. The fourth-order valence-corrected chi connectivity index (χ4v) is 1.87. The lowest BCUT2D eigenvalue weighted by atomic mass is 10.3. The molecule has 23 heavy (non-hydrogen) atoms. The number of nitrogens with one attached hydrogen (secondary N) is 1. The van der Waals surface area contributed by atoms with Crippen LogP contribution in [0.25, 0.3) is 11.6 Å². The molecule has 0 aliphatic heterocycles. The molecule has 2 aromatic heterocycles. The minimum Gasteiger partial charge on any atom is -0.481 e. The van der Waals surface area contributed by atoms with Gasteiger partial charge in [0, 0.05) is 13.2 Å². The van der Waals surface area contributed by atoms with Crippen molar-refractivity contribution in [2.45, 2.75) is 13.0 Å². The smallest absolute Gasteiger partial charge is 0.322 e. The van der Waals surface area contributed by atoms with Gasteiger partial charge in [0.15, 0.2) is 6.10 Å². The number of nitrogens with zero attached hydrogens (tertiary/aromatic N) is 4. The van der Waals surface area contributed by atoms with Gasteiger partial charge in [-0.2, -0.15) is 5.10 Å². The number of carbonyl (C=O) groups excluding carboxylic acids is 1. The number of carbonyl (C=O) groups is 1. The van der Waals surface area contributed by atoms with Gasteiger partial charge in [-0.15, -0.1) is 5.10 Å². The molecule has 0 aliphatic rings. The van der Waals surface area contributed by atoms with Crippen LogP contribution in [0.4, 0.5) is 6.01 Å². The number of para-hydroxylation sites is 1. The Balaban J connectivity index is 1.63. The van der Waals surface area contributed by atoms with E-state index >= 15 is 0 Å². The molecule has 1 amide bonds. The van der Waals surface area contributed by atoms with Gasteiger partial charge in [-0.3, -0.25) is 14.8 Å². The van der Waals surface area contributed by atoms with Crippen LogP contribution >= 0.6 is 0 Å². The summed E-state index contributed by atoms with van der Waals surface area (Å²) in [5.41, 5.74) is 0.536. The molecule has 8 heteroatoms. The topological polar surface area (TPSA) is 95.1 Å². The quantitative estimate of drug-likeness (QED) is 0.772. The summed E-state index contributed by atoms with van der Waals surface area (Å²) in [6.45, 7) is 1.64. The van der Waals surface area contributed by atoms with Crippen LogP contribution in [0.3, 0.4) is 0 Å². The Bertz CT molecular complexity index is 796. The number of ether oxygens (including phenoxy) is 1. The second kappa shape index (κ2) is 6.30. The SMILES string of the molecule is C[C@@H](Oc1ccccc1)C(=O)Nc1nnc(-c2ccn(C)n2)o1. The molecule has 0 saturated carbocycles. The Labute approximate surface area is 132 Å². The van der Waals surface area contributed by atoms with E-state index < -0.39 is 6.10 Å². The Morgan fingerprint density at radius 3 is 2.74 bits per heavy atom. The maximum Gasteiger partial charge on any atom is 0.322 e. The molecule has 0 spiro atoms. The number of amides is 1. The molecule has 0 unspecified atom stereocenters. The zero-order valence-corrected chi connectivity index (χ0v) is 12.6. The summed E-state index contributed by atoms with van der Waals surface area (Å²) in [7, 11) is 1.78. The first-order valence-corrected chi connectivity index (χ1v) is 6.98. The zero-order valence-electron chi connectivity index (χ0n) is 12.6. The fourth-order valence-electron chi connectivity index (χ4n) is 1.87. The number of aryl methyl sites for hydroxylation is 1. The monoisotopic (exact) mass is 313 g/mol. The van der Waals surface area contributed by atoms with Crippen molar-refractivity contribution in [3.05, 3.63) is 42.6 Å². The summed E-state index contributed by atoms with van der Waals surface area (Å²) in [6.07, 6.45) is 1.05. The first-order chi connectivity index (χ1) is 11.1. The molecule has 0 aliphatic carbocycles. The van der Waals surface area contributed by atoms with Gasteiger partial charge in [-0.05, 0) is 25.1 Å². The van der Waals surface area contributed by atoms with E-state index in [1.165, 1.54) is 0 Å². The summed E-state index contributed by atoms with van der Waals surface area (Å²) in [5.74, 6) is 0.456. The fraction of sp³-hybridized carbons (Fsp3) is 0.200. The van der Waals surface area contributed by atoms with Crippen LogP contribution in [0.15, 0.2) is 47.0 Å². The summed E-state index contributed by atoms with van der Waals surface area (Å²) in [6, 6.07) is 10.8. The second-order valence-electron chi connectivity index (χ2n) is 4.85. The third-order valence-electron chi connectivity index (χ3n) is 3.01. The van der Waals surface area contributed by atoms with Crippen molar-refractivity contribution in [1.82, 2.24) is 20.0 Å². The second-order valence-corrected chi connectivity index (χ2v) is 4.85. The van der Waals surface area contributed by atoms with Crippen molar-refractivity contribution in [1.29, 1.82) is 0 Å². The Kier molecular flexibility index (Phi) is 4.05. The largest absolute Gasteiger partial charge is 0.481 e. The maximum absolute atomic E-state index is 12.1. The third kappa shape index (κ3) is 3.54. The van der Waals surface area contributed by atoms with Crippen LogP contribution in [-0.2, 0) is 11.8 Å². The van der Waals surface area contributed by atoms with E-state index in [1.54, 1.807) is 43.0 Å². The highest BCUT2D eigenvalue weighted by atomic mass is 16.5. The van der Waals surface area contributed by atoms with E-state index in [0.717, 1.165) is 0 Å². The molecule has 0 bridgehead atoms. The average molecular weight is 313 g/mol. The molecular weight excluding hydrogens is 298 g/mol. The predicted molar refractivity (Wildman–Crippen MR) is 81.7 cm³/mol. The predicted octanol–water partition coefficient (Wildman–Crippen LogP) is 1.88. The van der Waals surface area contributed by atoms with Crippen molar-refractivity contribution in [3.8, 4) is 17.3 Å². The third-order valence-corrected chi connectivity index (χ3v) is 3.01. The first kappa shape index (κ1) is 14.8. The highest BCUT2D eigenvalue weighted by Gasteiger charge is 2.18. The minimum absolute atomic E-state index is 0.000773. The molecule has 8 nitrogen and oxygen atoms in total. The Morgan fingerprint density at radius 2 is 2.04 bits per heavy atom. The van der Waals surface area contributed by atoms with Gasteiger partial charge in [-0.25, -0.2) is 0 Å². The van der Waals surface area contributed by atoms with Gasteiger partial charge in [0.2, 0.25) is 0 Å². The van der Waals surface area contributed by atoms with Gasteiger partial charge < -0.3 is 9.15 Å². The standard InChI is InChI=1S/C15H15N5O3/c1-10(22-11-6-4-3-5-7-11)13(21)16-15-18-17-14(23-15)12-8-9-20(2)19-12/h3-10H,1-2H3,(H,16,18,21)/t10-/m1/s1. The number of aromatic nitrogens is 4. The highest BCUT2D eigenvalue weighted by molar-refractivity contribution is 5.92.